The van der Waals surface area contributed by atoms with Crippen molar-refractivity contribution in [2.75, 3.05) is 0 Å². The van der Waals surface area contributed by atoms with Gasteiger partial charge in [0.25, 0.3) is 0 Å². The van der Waals surface area contributed by atoms with Gasteiger partial charge in [-0.05, 0) is 42.7 Å². The topological polar surface area (TPSA) is 17.0 Å². The summed E-state index contributed by atoms with van der Waals surface area (Å²) in [6, 6.07) is 9.19. The zero-order chi connectivity index (χ0) is 13.0. The molecule has 1 aromatic heterocycles. The lowest BCUT2D eigenvalue weighted by Crippen LogP contribution is -2.27. The van der Waals surface area contributed by atoms with Crippen LogP contribution >= 0.6 is 0 Å². The summed E-state index contributed by atoms with van der Waals surface area (Å²) in [5.74, 6) is -0.177. The highest BCUT2D eigenvalue weighted by Gasteiger charge is 2.04. The van der Waals surface area contributed by atoms with Gasteiger partial charge in [-0.3, -0.25) is 0 Å². The van der Waals surface area contributed by atoms with Gasteiger partial charge >= 0.3 is 0 Å². The van der Waals surface area contributed by atoms with Crippen molar-refractivity contribution in [3.8, 4) is 0 Å². The highest BCUT2D eigenvalue weighted by atomic mass is 19.1. The third kappa shape index (κ3) is 3.70. The molecule has 0 radical (unpaired) electrons. The van der Waals surface area contributed by atoms with Gasteiger partial charge in [-0.15, -0.1) is 0 Å². The molecule has 0 bridgehead atoms. The molecule has 1 atom stereocenters. The maximum Gasteiger partial charge on any atom is 0.123 e. The Hall–Kier alpha value is -1.61. The highest BCUT2D eigenvalue weighted by molar-refractivity contribution is 5.17. The second kappa shape index (κ2) is 5.83. The molecule has 1 heterocycles. The number of halogens is 1. The molecule has 0 aliphatic carbocycles. The number of hydrogen-bond acceptors (Lipinski definition) is 1. The van der Waals surface area contributed by atoms with E-state index in [1.54, 1.807) is 0 Å². The van der Waals surface area contributed by atoms with Crippen LogP contribution < -0.4 is 5.32 Å². The summed E-state index contributed by atoms with van der Waals surface area (Å²) in [5, 5.41) is 3.47. The summed E-state index contributed by atoms with van der Waals surface area (Å²) in [7, 11) is 2.02. The van der Waals surface area contributed by atoms with Crippen LogP contribution in [0.15, 0.2) is 42.7 Å². The van der Waals surface area contributed by atoms with Crippen molar-refractivity contribution in [3.63, 3.8) is 0 Å². The van der Waals surface area contributed by atoms with E-state index in [-0.39, 0.29) is 5.82 Å². The molecular formula is C15H19FN2. The number of rotatable bonds is 5. The van der Waals surface area contributed by atoms with Crippen LogP contribution in [0.1, 0.15) is 18.1 Å². The van der Waals surface area contributed by atoms with Crippen LogP contribution in [-0.4, -0.2) is 10.6 Å². The van der Waals surface area contributed by atoms with E-state index >= 15 is 0 Å². The number of aromatic nitrogens is 1. The molecule has 0 spiro atoms. The number of nitrogens with one attached hydrogen (secondary N) is 1. The minimum Gasteiger partial charge on any atom is -0.357 e. The van der Waals surface area contributed by atoms with Gasteiger partial charge in [-0.1, -0.05) is 12.1 Å². The highest BCUT2D eigenvalue weighted by Crippen LogP contribution is 2.06. The molecule has 1 aromatic carbocycles. The van der Waals surface area contributed by atoms with Crippen molar-refractivity contribution in [1.82, 2.24) is 9.88 Å². The fourth-order valence-corrected chi connectivity index (χ4v) is 2.00. The van der Waals surface area contributed by atoms with E-state index in [0.717, 1.165) is 18.5 Å². The standard InChI is InChI=1S/C15H19FN2/c1-12(9-13-3-5-15(16)6-4-13)17-10-14-7-8-18(2)11-14/h3-8,11-12,17H,9-10H2,1-2H3. The Balaban J connectivity index is 1.81. The van der Waals surface area contributed by atoms with E-state index in [1.807, 2.05) is 29.9 Å². The zero-order valence-corrected chi connectivity index (χ0v) is 10.9. The first-order valence-electron chi connectivity index (χ1n) is 6.22. The van der Waals surface area contributed by atoms with E-state index < -0.39 is 0 Å². The van der Waals surface area contributed by atoms with Crippen LogP contribution in [0.4, 0.5) is 4.39 Å². The fourth-order valence-electron chi connectivity index (χ4n) is 2.00. The Morgan fingerprint density at radius 3 is 2.50 bits per heavy atom. The van der Waals surface area contributed by atoms with Crippen molar-refractivity contribution >= 4 is 0 Å². The first-order chi connectivity index (χ1) is 8.63. The molecule has 0 fully saturated rings. The zero-order valence-electron chi connectivity index (χ0n) is 10.9. The normalized spacial score (nSPS) is 12.6. The van der Waals surface area contributed by atoms with Crippen LogP contribution in [0, 0.1) is 5.82 Å². The first kappa shape index (κ1) is 12.8. The minimum absolute atomic E-state index is 0.177. The average Bonchev–Trinajstić information content (AvgIpc) is 2.76. The molecule has 3 heteroatoms. The van der Waals surface area contributed by atoms with E-state index in [2.05, 4.69) is 24.5 Å². The number of benzene rings is 1. The second-order valence-electron chi connectivity index (χ2n) is 4.80. The second-order valence-corrected chi connectivity index (χ2v) is 4.80. The minimum atomic E-state index is -0.177. The lowest BCUT2D eigenvalue weighted by molar-refractivity contribution is 0.544. The van der Waals surface area contributed by atoms with Gasteiger partial charge in [0, 0.05) is 32.0 Å². The largest absolute Gasteiger partial charge is 0.357 e. The number of nitrogens with zero attached hydrogens (tertiary/aromatic N) is 1. The van der Waals surface area contributed by atoms with Crippen molar-refractivity contribution in [3.05, 3.63) is 59.7 Å². The molecule has 1 unspecified atom stereocenters. The molecule has 1 N–H and O–H groups in total. The number of aryl methyl sites for hydroxylation is 1. The number of hydrogen-bond donors (Lipinski definition) is 1. The van der Waals surface area contributed by atoms with Crippen LogP contribution in [0.3, 0.4) is 0 Å². The Bertz CT molecular complexity index is 487. The summed E-state index contributed by atoms with van der Waals surface area (Å²) in [5.41, 5.74) is 2.44. The average molecular weight is 246 g/mol. The third-order valence-electron chi connectivity index (χ3n) is 3.00. The van der Waals surface area contributed by atoms with Gasteiger partial charge < -0.3 is 9.88 Å². The molecule has 0 saturated carbocycles. The molecule has 2 rings (SSSR count). The SMILES string of the molecule is CC(Cc1ccc(F)cc1)NCc1ccn(C)c1. The summed E-state index contributed by atoms with van der Waals surface area (Å²) in [4.78, 5) is 0. The van der Waals surface area contributed by atoms with Gasteiger partial charge in [0.2, 0.25) is 0 Å². The third-order valence-corrected chi connectivity index (χ3v) is 3.00. The fraction of sp³-hybridized carbons (Fsp3) is 0.333. The lowest BCUT2D eigenvalue weighted by Gasteiger charge is -2.13. The van der Waals surface area contributed by atoms with Crippen molar-refractivity contribution in [1.29, 1.82) is 0 Å². The van der Waals surface area contributed by atoms with Crippen LogP contribution in [-0.2, 0) is 20.0 Å². The van der Waals surface area contributed by atoms with Gasteiger partial charge in [-0.25, -0.2) is 4.39 Å². The summed E-state index contributed by atoms with van der Waals surface area (Å²) < 4.78 is 14.8. The molecule has 96 valence electrons. The predicted octanol–water partition coefficient (Wildman–Crippen LogP) is 2.89. The molecule has 18 heavy (non-hydrogen) atoms. The van der Waals surface area contributed by atoms with Gasteiger partial charge in [-0.2, -0.15) is 0 Å². The molecule has 2 nitrogen and oxygen atoms in total. The van der Waals surface area contributed by atoms with Crippen LogP contribution in [0.2, 0.25) is 0 Å². The van der Waals surface area contributed by atoms with Gasteiger partial charge in [0.15, 0.2) is 0 Å². The molecular weight excluding hydrogens is 227 g/mol. The lowest BCUT2D eigenvalue weighted by atomic mass is 10.1. The molecule has 2 aromatic rings. The monoisotopic (exact) mass is 246 g/mol. The Morgan fingerprint density at radius 2 is 1.89 bits per heavy atom. The van der Waals surface area contributed by atoms with Crippen molar-refractivity contribution < 1.29 is 4.39 Å². The maximum atomic E-state index is 12.8. The molecule has 0 amide bonds. The molecule has 0 aliphatic heterocycles. The van der Waals surface area contributed by atoms with E-state index in [0.29, 0.717) is 6.04 Å². The summed E-state index contributed by atoms with van der Waals surface area (Å²) >= 11 is 0. The Morgan fingerprint density at radius 1 is 1.17 bits per heavy atom. The van der Waals surface area contributed by atoms with E-state index in [9.17, 15) is 4.39 Å². The van der Waals surface area contributed by atoms with Crippen molar-refractivity contribution in [2.45, 2.75) is 25.9 Å². The van der Waals surface area contributed by atoms with Crippen LogP contribution in [0.25, 0.3) is 0 Å². The van der Waals surface area contributed by atoms with Gasteiger partial charge in [0.05, 0.1) is 0 Å². The van der Waals surface area contributed by atoms with Crippen LogP contribution in [0.5, 0.6) is 0 Å². The molecule has 0 saturated heterocycles. The van der Waals surface area contributed by atoms with E-state index in [1.165, 1.54) is 17.7 Å². The summed E-state index contributed by atoms with van der Waals surface area (Å²) in [6.45, 7) is 3.01. The van der Waals surface area contributed by atoms with Crippen molar-refractivity contribution in [2.24, 2.45) is 7.05 Å². The predicted molar refractivity (Wildman–Crippen MR) is 71.8 cm³/mol. The van der Waals surface area contributed by atoms with Gasteiger partial charge in [0.1, 0.15) is 5.82 Å². The quantitative estimate of drug-likeness (QED) is 0.858. The smallest absolute Gasteiger partial charge is 0.123 e. The Labute approximate surface area is 107 Å². The Kier molecular flexibility index (Phi) is 4.15. The molecule has 0 aliphatic rings. The first-order valence-corrected chi connectivity index (χ1v) is 6.22. The maximum absolute atomic E-state index is 12.8. The summed E-state index contributed by atoms with van der Waals surface area (Å²) in [6.07, 6.45) is 5.06. The van der Waals surface area contributed by atoms with E-state index in [4.69, 9.17) is 0 Å².